The summed E-state index contributed by atoms with van der Waals surface area (Å²) in [7, 11) is 0. The average Bonchev–Trinajstić information content (AvgIpc) is 3.32. The van der Waals surface area contributed by atoms with Crippen molar-refractivity contribution in [2.24, 2.45) is 0 Å². The molecule has 0 atom stereocenters. The van der Waals surface area contributed by atoms with Gasteiger partial charge in [-0.1, -0.05) is 52.3 Å². The second kappa shape index (κ2) is 10.1. The molecule has 176 valence electrons. The van der Waals surface area contributed by atoms with Crippen LogP contribution in [-0.4, -0.2) is 27.2 Å². The molecule has 0 radical (unpaired) electrons. The monoisotopic (exact) mass is 550 g/mol. The van der Waals surface area contributed by atoms with Crippen molar-refractivity contribution in [3.63, 3.8) is 0 Å². The molecule has 1 fully saturated rings. The zero-order valence-electron chi connectivity index (χ0n) is 18.5. The van der Waals surface area contributed by atoms with Crippen LogP contribution in [0.2, 0.25) is 0 Å². The van der Waals surface area contributed by atoms with E-state index in [1.807, 2.05) is 54.7 Å². The van der Waals surface area contributed by atoms with E-state index in [0.717, 1.165) is 43.4 Å². The van der Waals surface area contributed by atoms with E-state index in [0.29, 0.717) is 23.6 Å². The number of imide groups is 1. The number of thioether (sulfide) groups is 1. The maximum absolute atomic E-state index is 14.1. The Labute approximate surface area is 214 Å². The van der Waals surface area contributed by atoms with Crippen molar-refractivity contribution in [1.29, 1.82) is 0 Å². The van der Waals surface area contributed by atoms with Gasteiger partial charge in [-0.2, -0.15) is 0 Å². The summed E-state index contributed by atoms with van der Waals surface area (Å²) in [6.45, 7) is 0.983. The van der Waals surface area contributed by atoms with E-state index in [-0.39, 0.29) is 6.54 Å². The molecular weight excluding hydrogens is 531 g/mol. The zero-order valence-corrected chi connectivity index (χ0v) is 20.9. The molecule has 1 aromatic heterocycles. The number of ether oxygens (including phenoxy) is 1. The Morgan fingerprint density at radius 2 is 1.77 bits per heavy atom. The molecule has 0 spiro atoms. The van der Waals surface area contributed by atoms with Crippen LogP contribution in [0.3, 0.4) is 0 Å². The minimum Gasteiger partial charge on any atom is -0.492 e. The predicted molar refractivity (Wildman–Crippen MR) is 139 cm³/mol. The van der Waals surface area contributed by atoms with Gasteiger partial charge in [0.05, 0.1) is 18.0 Å². The summed E-state index contributed by atoms with van der Waals surface area (Å²) in [4.78, 5) is 27.0. The Morgan fingerprint density at radius 3 is 2.57 bits per heavy atom. The third-order valence-corrected chi connectivity index (χ3v) is 7.07. The first-order valence-electron chi connectivity index (χ1n) is 10.9. The second-order valence-electron chi connectivity index (χ2n) is 7.96. The van der Waals surface area contributed by atoms with E-state index >= 15 is 0 Å². The summed E-state index contributed by atoms with van der Waals surface area (Å²) >= 11 is 4.39. The van der Waals surface area contributed by atoms with E-state index < -0.39 is 17.0 Å². The number of carbonyl (C=O) groups excluding carboxylic acids is 2. The molecule has 2 amide bonds. The largest absolute Gasteiger partial charge is 0.492 e. The predicted octanol–water partition coefficient (Wildman–Crippen LogP) is 6.86. The molecule has 0 bridgehead atoms. The Morgan fingerprint density at radius 1 is 1.00 bits per heavy atom. The van der Waals surface area contributed by atoms with Gasteiger partial charge >= 0.3 is 0 Å². The normalized spacial score (nSPS) is 14.9. The van der Waals surface area contributed by atoms with Crippen LogP contribution in [0.25, 0.3) is 17.0 Å². The van der Waals surface area contributed by atoms with Gasteiger partial charge in [-0.25, -0.2) is 4.39 Å². The minimum atomic E-state index is -0.443. The van der Waals surface area contributed by atoms with Crippen LogP contribution in [0.5, 0.6) is 5.75 Å². The summed E-state index contributed by atoms with van der Waals surface area (Å²) in [5.74, 6) is -0.0665. The lowest BCUT2D eigenvalue weighted by molar-refractivity contribution is -0.123. The van der Waals surface area contributed by atoms with Crippen LogP contribution < -0.4 is 4.74 Å². The molecule has 1 saturated heterocycles. The smallest absolute Gasteiger partial charge is 0.293 e. The highest BCUT2D eigenvalue weighted by Crippen LogP contribution is 2.35. The number of amides is 2. The van der Waals surface area contributed by atoms with Gasteiger partial charge in [0.1, 0.15) is 18.2 Å². The quantitative estimate of drug-likeness (QED) is 0.236. The van der Waals surface area contributed by atoms with E-state index in [1.54, 1.807) is 24.3 Å². The standard InChI is InChI=1S/C27H20BrFN2O3S/c28-20-10-11-24-22(15-20)19(16-30(24)12-13-34-21-7-2-1-3-8-21)14-25-26(32)31(27(33)35-25)17-18-6-4-5-9-23(18)29/h1-11,14-16H,12-13,17H2/b25-14-. The summed E-state index contributed by atoms with van der Waals surface area (Å²) in [5.41, 5.74) is 2.11. The van der Waals surface area contributed by atoms with Crippen LogP contribution in [-0.2, 0) is 17.9 Å². The number of aromatic nitrogens is 1. The summed E-state index contributed by atoms with van der Waals surface area (Å²) in [6.07, 6.45) is 3.69. The molecule has 5 nitrogen and oxygen atoms in total. The summed E-state index contributed by atoms with van der Waals surface area (Å²) in [5, 5.41) is 0.533. The Bertz CT molecular complexity index is 1450. The molecule has 8 heteroatoms. The highest BCUT2D eigenvalue weighted by molar-refractivity contribution is 9.10. The molecule has 4 aromatic rings. The van der Waals surface area contributed by atoms with Crippen molar-refractivity contribution in [1.82, 2.24) is 9.47 Å². The van der Waals surface area contributed by atoms with Gasteiger partial charge < -0.3 is 9.30 Å². The number of hydrogen-bond acceptors (Lipinski definition) is 4. The van der Waals surface area contributed by atoms with Crippen LogP contribution in [0, 0.1) is 5.82 Å². The van der Waals surface area contributed by atoms with Gasteiger partial charge in [-0.05, 0) is 54.2 Å². The van der Waals surface area contributed by atoms with E-state index in [4.69, 9.17) is 4.74 Å². The fraction of sp³-hybridized carbons (Fsp3) is 0.111. The Kier molecular flexibility index (Phi) is 6.74. The lowest BCUT2D eigenvalue weighted by Gasteiger charge is -2.12. The molecule has 2 heterocycles. The molecule has 0 saturated carbocycles. The Hall–Kier alpha value is -3.36. The van der Waals surface area contributed by atoms with Gasteiger partial charge in [-0.15, -0.1) is 0 Å². The fourth-order valence-corrected chi connectivity index (χ4v) is 5.14. The average molecular weight is 551 g/mol. The molecule has 0 unspecified atom stereocenters. The van der Waals surface area contributed by atoms with Gasteiger partial charge in [0.25, 0.3) is 11.1 Å². The van der Waals surface area contributed by atoms with Gasteiger partial charge in [0, 0.05) is 32.7 Å². The van der Waals surface area contributed by atoms with E-state index in [1.165, 1.54) is 6.07 Å². The van der Waals surface area contributed by atoms with Crippen molar-refractivity contribution in [3.8, 4) is 5.75 Å². The second-order valence-corrected chi connectivity index (χ2v) is 9.87. The lowest BCUT2D eigenvalue weighted by Crippen LogP contribution is -2.27. The number of benzene rings is 3. The molecule has 35 heavy (non-hydrogen) atoms. The van der Waals surface area contributed by atoms with Crippen molar-refractivity contribution < 1.29 is 18.7 Å². The maximum Gasteiger partial charge on any atom is 0.293 e. The topological polar surface area (TPSA) is 51.5 Å². The third kappa shape index (κ3) is 5.04. The highest BCUT2D eigenvalue weighted by Gasteiger charge is 2.35. The van der Waals surface area contributed by atoms with Gasteiger partial charge in [-0.3, -0.25) is 14.5 Å². The van der Waals surface area contributed by atoms with E-state index in [9.17, 15) is 14.0 Å². The molecule has 1 aliphatic heterocycles. The van der Waals surface area contributed by atoms with Crippen LogP contribution in [0.4, 0.5) is 9.18 Å². The Balaban J connectivity index is 1.40. The first kappa shape index (κ1) is 23.4. The number of para-hydroxylation sites is 1. The van der Waals surface area contributed by atoms with Crippen molar-refractivity contribution in [2.45, 2.75) is 13.1 Å². The van der Waals surface area contributed by atoms with Crippen molar-refractivity contribution in [2.75, 3.05) is 6.61 Å². The molecule has 5 rings (SSSR count). The molecule has 0 aliphatic carbocycles. The van der Waals surface area contributed by atoms with Crippen LogP contribution in [0.15, 0.2) is 88.4 Å². The molecular formula is C27H20BrFN2O3S. The number of halogens is 2. The lowest BCUT2D eigenvalue weighted by atomic mass is 10.1. The molecule has 1 aliphatic rings. The summed E-state index contributed by atoms with van der Waals surface area (Å²) < 4.78 is 22.9. The maximum atomic E-state index is 14.1. The van der Waals surface area contributed by atoms with E-state index in [2.05, 4.69) is 20.5 Å². The highest BCUT2D eigenvalue weighted by atomic mass is 79.9. The van der Waals surface area contributed by atoms with Crippen LogP contribution >= 0.6 is 27.7 Å². The van der Waals surface area contributed by atoms with Crippen LogP contribution in [0.1, 0.15) is 11.1 Å². The van der Waals surface area contributed by atoms with Crippen molar-refractivity contribution >= 4 is 55.8 Å². The number of fused-ring (bicyclic) bond motifs is 1. The minimum absolute atomic E-state index is 0.0984. The van der Waals surface area contributed by atoms with Gasteiger partial charge in [0.15, 0.2) is 0 Å². The van der Waals surface area contributed by atoms with Gasteiger partial charge in [0.2, 0.25) is 0 Å². The number of hydrogen-bond donors (Lipinski definition) is 0. The number of rotatable bonds is 7. The first-order valence-corrected chi connectivity index (χ1v) is 12.6. The zero-order chi connectivity index (χ0) is 24.4. The fourth-order valence-electron chi connectivity index (χ4n) is 3.95. The first-order chi connectivity index (χ1) is 17.0. The number of nitrogens with zero attached hydrogens (tertiary/aromatic N) is 2. The summed E-state index contributed by atoms with van der Waals surface area (Å²) in [6, 6.07) is 21.7. The molecule has 3 aromatic carbocycles. The number of carbonyl (C=O) groups is 2. The third-order valence-electron chi connectivity index (χ3n) is 5.66. The van der Waals surface area contributed by atoms with Crippen molar-refractivity contribution in [3.05, 3.63) is 105 Å². The SMILES string of the molecule is O=C1S/C(=C\c2cn(CCOc3ccccc3)c3ccc(Br)cc23)C(=O)N1Cc1ccccc1F. The molecule has 0 N–H and O–H groups in total.